The van der Waals surface area contributed by atoms with Gasteiger partial charge in [-0.15, -0.1) is 0 Å². The summed E-state index contributed by atoms with van der Waals surface area (Å²) in [7, 11) is 1.61. The molecule has 2 rings (SSSR count). The van der Waals surface area contributed by atoms with Gasteiger partial charge in [0.2, 0.25) is 0 Å². The lowest BCUT2D eigenvalue weighted by molar-refractivity contribution is 0.101. The zero-order valence-electron chi connectivity index (χ0n) is 11.4. The SMILES string of the molecule is COc1ccc(COc2cccc(O)c2C(C)=O)cc1. The van der Waals surface area contributed by atoms with Gasteiger partial charge in [-0.2, -0.15) is 0 Å². The quantitative estimate of drug-likeness (QED) is 0.849. The molecule has 0 radical (unpaired) electrons. The van der Waals surface area contributed by atoms with Crippen molar-refractivity contribution in [3.05, 3.63) is 53.6 Å². The number of phenols is 1. The highest BCUT2D eigenvalue weighted by Gasteiger charge is 2.13. The Hall–Kier alpha value is -2.49. The lowest BCUT2D eigenvalue weighted by atomic mass is 10.1. The number of ketones is 1. The predicted octanol–water partition coefficient (Wildman–Crippen LogP) is 3.18. The summed E-state index contributed by atoms with van der Waals surface area (Å²) in [5, 5.41) is 9.71. The lowest BCUT2D eigenvalue weighted by Crippen LogP contribution is -2.02. The van der Waals surface area contributed by atoms with Crippen LogP contribution in [0.25, 0.3) is 0 Å². The van der Waals surface area contributed by atoms with Crippen molar-refractivity contribution in [3.63, 3.8) is 0 Å². The van der Waals surface area contributed by atoms with Gasteiger partial charge in [-0.1, -0.05) is 18.2 Å². The second-order valence-corrected chi connectivity index (χ2v) is 4.34. The summed E-state index contributed by atoms with van der Waals surface area (Å²) >= 11 is 0. The number of aromatic hydroxyl groups is 1. The molecule has 0 saturated heterocycles. The normalized spacial score (nSPS) is 10.1. The van der Waals surface area contributed by atoms with Gasteiger partial charge in [0.05, 0.1) is 7.11 Å². The molecule has 4 nitrogen and oxygen atoms in total. The maximum atomic E-state index is 11.5. The topological polar surface area (TPSA) is 55.8 Å². The number of benzene rings is 2. The zero-order chi connectivity index (χ0) is 14.5. The van der Waals surface area contributed by atoms with Crippen molar-refractivity contribution in [1.29, 1.82) is 0 Å². The van der Waals surface area contributed by atoms with Crippen LogP contribution in [0.5, 0.6) is 17.2 Å². The molecule has 2 aromatic rings. The molecule has 0 aromatic heterocycles. The van der Waals surface area contributed by atoms with Crippen LogP contribution in [0.2, 0.25) is 0 Å². The van der Waals surface area contributed by atoms with Gasteiger partial charge in [0, 0.05) is 0 Å². The van der Waals surface area contributed by atoms with Gasteiger partial charge in [-0.3, -0.25) is 4.79 Å². The average molecular weight is 272 g/mol. The fourth-order valence-corrected chi connectivity index (χ4v) is 1.88. The van der Waals surface area contributed by atoms with Gasteiger partial charge in [0.15, 0.2) is 5.78 Å². The first kappa shape index (κ1) is 13.9. The van der Waals surface area contributed by atoms with E-state index in [1.165, 1.54) is 13.0 Å². The third-order valence-electron chi connectivity index (χ3n) is 2.91. The highest BCUT2D eigenvalue weighted by molar-refractivity contribution is 5.99. The van der Waals surface area contributed by atoms with Crippen LogP contribution in [0, 0.1) is 0 Å². The van der Waals surface area contributed by atoms with Crippen LogP contribution in [0.1, 0.15) is 22.8 Å². The Labute approximate surface area is 117 Å². The molecule has 0 atom stereocenters. The molecular formula is C16H16O4. The molecule has 4 heteroatoms. The maximum Gasteiger partial charge on any atom is 0.167 e. The monoisotopic (exact) mass is 272 g/mol. The highest BCUT2D eigenvalue weighted by Crippen LogP contribution is 2.28. The van der Waals surface area contributed by atoms with Crippen molar-refractivity contribution in [1.82, 2.24) is 0 Å². The molecule has 2 aromatic carbocycles. The Balaban J connectivity index is 2.14. The molecular weight excluding hydrogens is 256 g/mol. The summed E-state index contributed by atoms with van der Waals surface area (Å²) < 4.78 is 10.7. The third kappa shape index (κ3) is 3.09. The molecule has 104 valence electrons. The molecule has 0 unspecified atom stereocenters. The Bertz CT molecular complexity index is 602. The predicted molar refractivity (Wildman–Crippen MR) is 75.4 cm³/mol. The fraction of sp³-hybridized carbons (Fsp3) is 0.188. The summed E-state index contributed by atoms with van der Waals surface area (Å²) in [6.45, 7) is 1.71. The summed E-state index contributed by atoms with van der Waals surface area (Å²) in [6, 6.07) is 12.2. The number of hydrogen-bond donors (Lipinski definition) is 1. The van der Waals surface area contributed by atoms with E-state index in [0.29, 0.717) is 12.4 Å². The van der Waals surface area contributed by atoms with E-state index in [2.05, 4.69) is 0 Å². The van der Waals surface area contributed by atoms with Crippen LogP contribution in [0.4, 0.5) is 0 Å². The standard InChI is InChI=1S/C16H16O4/c1-11(17)16-14(18)4-3-5-15(16)20-10-12-6-8-13(19-2)9-7-12/h3-9,18H,10H2,1-2H3. The summed E-state index contributed by atoms with van der Waals surface area (Å²) in [4.78, 5) is 11.5. The molecule has 0 fully saturated rings. The first-order chi connectivity index (χ1) is 9.61. The van der Waals surface area contributed by atoms with Crippen molar-refractivity contribution >= 4 is 5.78 Å². The number of Topliss-reactive ketones (excluding diaryl/α,β-unsaturated/α-hetero) is 1. The molecule has 0 aliphatic heterocycles. The number of methoxy groups -OCH3 is 1. The zero-order valence-corrected chi connectivity index (χ0v) is 11.4. The van der Waals surface area contributed by atoms with E-state index >= 15 is 0 Å². The molecule has 1 N–H and O–H groups in total. The lowest BCUT2D eigenvalue weighted by Gasteiger charge is -2.11. The Kier molecular flexibility index (Phi) is 4.25. The average Bonchev–Trinajstić information content (AvgIpc) is 2.45. The van der Waals surface area contributed by atoms with Crippen LogP contribution >= 0.6 is 0 Å². The van der Waals surface area contributed by atoms with Gasteiger partial charge in [0.1, 0.15) is 29.4 Å². The van der Waals surface area contributed by atoms with E-state index in [9.17, 15) is 9.90 Å². The maximum absolute atomic E-state index is 11.5. The van der Waals surface area contributed by atoms with Crippen molar-refractivity contribution in [2.45, 2.75) is 13.5 Å². The Morgan fingerprint density at radius 1 is 1.15 bits per heavy atom. The van der Waals surface area contributed by atoms with Gasteiger partial charge in [-0.05, 0) is 36.8 Å². The Morgan fingerprint density at radius 2 is 1.85 bits per heavy atom. The molecule has 0 aliphatic rings. The second kappa shape index (κ2) is 6.10. The van der Waals surface area contributed by atoms with Crippen LogP contribution in [0.3, 0.4) is 0 Å². The summed E-state index contributed by atoms with van der Waals surface area (Å²) in [5.41, 5.74) is 1.16. The minimum atomic E-state index is -0.229. The minimum Gasteiger partial charge on any atom is -0.507 e. The van der Waals surface area contributed by atoms with E-state index in [1.807, 2.05) is 24.3 Å². The van der Waals surface area contributed by atoms with Gasteiger partial charge >= 0.3 is 0 Å². The first-order valence-corrected chi connectivity index (χ1v) is 6.20. The highest BCUT2D eigenvalue weighted by atomic mass is 16.5. The van der Waals surface area contributed by atoms with E-state index in [4.69, 9.17) is 9.47 Å². The molecule has 0 aliphatic carbocycles. The van der Waals surface area contributed by atoms with Crippen LogP contribution in [-0.2, 0) is 6.61 Å². The summed E-state index contributed by atoms with van der Waals surface area (Å²) in [6.07, 6.45) is 0. The molecule has 0 bridgehead atoms. The number of carbonyl (C=O) groups is 1. The minimum absolute atomic E-state index is 0.0651. The van der Waals surface area contributed by atoms with E-state index in [1.54, 1.807) is 19.2 Å². The number of phenolic OH excluding ortho intramolecular Hbond substituents is 1. The number of ether oxygens (including phenoxy) is 2. The largest absolute Gasteiger partial charge is 0.507 e. The Morgan fingerprint density at radius 3 is 2.45 bits per heavy atom. The molecule has 0 spiro atoms. The van der Waals surface area contributed by atoms with Crippen molar-refractivity contribution in [2.24, 2.45) is 0 Å². The summed E-state index contributed by atoms with van der Waals surface area (Å²) in [5.74, 6) is 0.862. The number of hydrogen-bond acceptors (Lipinski definition) is 4. The van der Waals surface area contributed by atoms with E-state index in [-0.39, 0.29) is 17.1 Å². The van der Waals surface area contributed by atoms with Crippen LogP contribution in [0.15, 0.2) is 42.5 Å². The molecule has 0 amide bonds. The van der Waals surface area contributed by atoms with Crippen molar-refractivity contribution < 1.29 is 19.4 Å². The molecule has 20 heavy (non-hydrogen) atoms. The smallest absolute Gasteiger partial charge is 0.167 e. The molecule has 0 heterocycles. The van der Waals surface area contributed by atoms with E-state index < -0.39 is 0 Å². The van der Waals surface area contributed by atoms with E-state index in [0.717, 1.165) is 11.3 Å². The van der Waals surface area contributed by atoms with Crippen LogP contribution in [-0.4, -0.2) is 18.0 Å². The number of carbonyl (C=O) groups excluding carboxylic acids is 1. The first-order valence-electron chi connectivity index (χ1n) is 6.20. The van der Waals surface area contributed by atoms with Gasteiger partial charge < -0.3 is 14.6 Å². The van der Waals surface area contributed by atoms with Gasteiger partial charge in [0.25, 0.3) is 0 Å². The fourth-order valence-electron chi connectivity index (χ4n) is 1.88. The van der Waals surface area contributed by atoms with Crippen molar-refractivity contribution in [2.75, 3.05) is 7.11 Å². The van der Waals surface area contributed by atoms with Crippen LogP contribution < -0.4 is 9.47 Å². The third-order valence-corrected chi connectivity index (χ3v) is 2.91. The molecule has 0 saturated carbocycles. The van der Waals surface area contributed by atoms with Crippen molar-refractivity contribution in [3.8, 4) is 17.2 Å². The second-order valence-electron chi connectivity index (χ2n) is 4.34. The number of rotatable bonds is 5. The van der Waals surface area contributed by atoms with Gasteiger partial charge in [-0.25, -0.2) is 0 Å².